The molecule has 0 aliphatic heterocycles. The van der Waals surface area contributed by atoms with Crippen LogP contribution in [0.2, 0.25) is 0 Å². The molecule has 0 heterocycles. The van der Waals surface area contributed by atoms with E-state index in [2.05, 4.69) is 19.2 Å². The summed E-state index contributed by atoms with van der Waals surface area (Å²) in [6.45, 7) is 4.93. The third kappa shape index (κ3) is 5.73. The average molecular weight is 278 g/mol. The summed E-state index contributed by atoms with van der Waals surface area (Å²) < 4.78 is 0. The van der Waals surface area contributed by atoms with E-state index < -0.39 is 5.97 Å². The van der Waals surface area contributed by atoms with Gasteiger partial charge in [-0.15, -0.1) is 0 Å². The Hall–Kier alpha value is -2.04. The lowest BCUT2D eigenvalue weighted by Gasteiger charge is -2.22. The number of nitrogens with one attached hydrogen (secondary N) is 1. The van der Waals surface area contributed by atoms with Crippen molar-refractivity contribution >= 4 is 17.7 Å². The molecular weight excluding hydrogens is 256 g/mol. The van der Waals surface area contributed by atoms with Crippen molar-refractivity contribution in [1.29, 1.82) is 0 Å². The van der Waals surface area contributed by atoms with Crippen LogP contribution in [0.15, 0.2) is 30.3 Å². The highest BCUT2D eigenvalue weighted by atomic mass is 16.4. The Morgan fingerprint density at radius 2 is 1.90 bits per heavy atom. The molecule has 5 nitrogen and oxygen atoms in total. The van der Waals surface area contributed by atoms with Crippen molar-refractivity contribution in [2.45, 2.75) is 26.7 Å². The van der Waals surface area contributed by atoms with Gasteiger partial charge in [-0.1, -0.05) is 32.0 Å². The zero-order valence-corrected chi connectivity index (χ0v) is 12.0. The fraction of sp³-hybridized carbons (Fsp3) is 0.467. The standard InChI is InChI=1S/C15H22N2O3/c1-12(2)8-10-16-15(20)17(11-9-14(18)19)13-6-4-3-5-7-13/h3-7,12H,8-11H2,1-2H3,(H,16,20)(H,18,19). The Bertz CT molecular complexity index is 432. The Kier molecular flexibility index (Phi) is 6.56. The first-order chi connectivity index (χ1) is 9.50. The number of rotatable bonds is 7. The maximum Gasteiger partial charge on any atom is 0.321 e. The molecule has 20 heavy (non-hydrogen) atoms. The molecule has 0 unspecified atom stereocenters. The van der Waals surface area contributed by atoms with Crippen LogP contribution in [-0.4, -0.2) is 30.2 Å². The van der Waals surface area contributed by atoms with Crippen molar-refractivity contribution in [1.82, 2.24) is 5.32 Å². The van der Waals surface area contributed by atoms with E-state index in [1.54, 1.807) is 12.1 Å². The van der Waals surface area contributed by atoms with Gasteiger partial charge in [0.05, 0.1) is 6.42 Å². The summed E-state index contributed by atoms with van der Waals surface area (Å²) in [5.74, 6) is -0.402. The predicted octanol–water partition coefficient (Wildman–Crippen LogP) is 2.72. The van der Waals surface area contributed by atoms with Crippen molar-refractivity contribution in [3.63, 3.8) is 0 Å². The molecule has 0 aliphatic carbocycles. The molecule has 0 aromatic heterocycles. The second-order valence-electron chi connectivity index (χ2n) is 5.05. The number of amides is 2. The highest BCUT2D eigenvalue weighted by Gasteiger charge is 2.16. The molecule has 110 valence electrons. The summed E-state index contributed by atoms with van der Waals surface area (Å²) in [5.41, 5.74) is 0.704. The number of carboxylic acids is 1. The van der Waals surface area contributed by atoms with Gasteiger partial charge in [-0.2, -0.15) is 0 Å². The lowest BCUT2D eigenvalue weighted by Crippen LogP contribution is -2.41. The minimum absolute atomic E-state index is 0.0769. The minimum Gasteiger partial charge on any atom is -0.481 e. The lowest BCUT2D eigenvalue weighted by molar-refractivity contribution is -0.136. The van der Waals surface area contributed by atoms with Gasteiger partial charge in [-0.05, 0) is 24.5 Å². The number of carboxylic acid groups (broad SMARTS) is 1. The van der Waals surface area contributed by atoms with Crippen LogP contribution in [0.4, 0.5) is 10.5 Å². The van der Waals surface area contributed by atoms with Gasteiger partial charge in [0, 0.05) is 18.8 Å². The van der Waals surface area contributed by atoms with Crippen LogP contribution in [-0.2, 0) is 4.79 Å². The zero-order valence-electron chi connectivity index (χ0n) is 12.0. The van der Waals surface area contributed by atoms with E-state index in [1.807, 2.05) is 18.2 Å². The molecule has 1 rings (SSSR count). The van der Waals surface area contributed by atoms with Gasteiger partial charge < -0.3 is 10.4 Å². The predicted molar refractivity (Wildman–Crippen MR) is 78.9 cm³/mol. The highest BCUT2D eigenvalue weighted by Crippen LogP contribution is 2.14. The molecule has 1 aromatic carbocycles. The van der Waals surface area contributed by atoms with Crippen LogP contribution >= 0.6 is 0 Å². The normalized spacial score (nSPS) is 10.3. The van der Waals surface area contributed by atoms with E-state index >= 15 is 0 Å². The molecule has 2 N–H and O–H groups in total. The number of hydrogen-bond donors (Lipinski definition) is 2. The minimum atomic E-state index is -0.916. The fourth-order valence-corrected chi connectivity index (χ4v) is 1.73. The number of nitrogens with zero attached hydrogens (tertiary/aromatic N) is 1. The molecule has 2 amide bonds. The van der Waals surface area contributed by atoms with E-state index in [0.717, 1.165) is 6.42 Å². The van der Waals surface area contributed by atoms with Gasteiger partial charge in [0.2, 0.25) is 0 Å². The van der Waals surface area contributed by atoms with Crippen LogP contribution in [0, 0.1) is 5.92 Å². The first-order valence-corrected chi connectivity index (χ1v) is 6.83. The molecular formula is C15H22N2O3. The Labute approximate surface area is 119 Å². The number of aliphatic carboxylic acids is 1. The van der Waals surface area contributed by atoms with Gasteiger partial charge in [-0.3, -0.25) is 9.69 Å². The van der Waals surface area contributed by atoms with Crippen molar-refractivity contribution in [2.24, 2.45) is 5.92 Å². The van der Waals surface area contributed by atoms with Crippen LogP contribution < -0.4 is 10.2 Å². The fourth-order valence-electron chi connectivity index (χ4n) is 1.73. The highest BCUT2D eigenvalue weighted by molar-refractivity contribution is 5.92. The average Bonchev–Trinajstić information content (AvgIpc) is 2.39. The second kappa shape index (κ2) is 8.19. The SMILES string of the molecule is CC(C)CCNC(=O)N(CCC(=O)O)c1ccccc1. The van der Waals surface area contributed by atoms with Crippen LogP contribution in [0.3, 0.4) is 0 Å². The van der Waals surface area contributed by atoms with E-state index in [4.69, 9.17) is 5.11 Å². The van der Waals surface area contributed by atoms with Crippen molar-refractivity contribution in [2.75, 3.05) is 18.0 Å². The molecule has 5 heteroatoms. The van der Waals surface area contributed by atoms with Crippen LogP contribution in [0.1, 0.15) is 26.7 Å². The number of benzene rings is 1. The molecule has 0 aliphatic rings. The first kappa shape index (κ1) is 16.0. The molecule has 1 aromatic rings. The molecule has 0 radical (unpaired) electrons. The summed E-state index contributed by atoms with van der Waals surface area (Å²) in [6.07, 6.45) is 0.819. The van der Waals surface area contributed by atoms with Gasteiger partial charge in [-0.25, -0.2) is 4.79 Å². The number of urea groups is 1. The van der Waals surface area contributed by atoms with Gasteiger partial charge in [0.1, 0.15) is 0 Å². The largest absolute Gasteiger partial charge is 0.481 e. The van der Waals surface area contributed by atoms with Crippen molar-refractivity contribution in [3.05, 3.63) is 30.3 Å². The molecule has 0 spiro atoms. The van der Waals surface area contributed by atoms with Crippen LogP contribution in [0.5, 0.6) is 0 Å². The number of para-hydroxylation sites is 1. The summed E-state index contributed by atoms with van der Waals surface area (Å²) in [6, 6.07) is 8.84. The lowest BCUT2D eigenvalue weighted by atomic mass is 10.1. The van der Waals surface area contributed by atoms with E-state index in [-0.39, 0.29) is 19.0 Å². The molecule has 0 fully saturated rings. The third-order valence-corrected chi connectivity index (χ3v) is 2.86. The smallest absolute Gasteiger partial charge is 0.321 e. The summed E-state index contributed by atoms with van der Waals surface area (Å²) >= 11 is 0. The molecule has 0 bridgehead atoms. The van der Waals surface area contributed by atoms with Gasteiger partial charge in [0.15, 0.2) is 0 Å². The maximum absolute atomic E-state index is 12.2. The van der Waals surface area contributed by atoms with E-state index in [1.165, 1.54) is 4.90 Å². The van der Waals surface area contributed by atoms with Gasteiger partial charge >= 0.3 is 12.0 Å². The zero-order chi connectivity index (χ0) is 15.0. The Morgan fingerprint density at radius 3 is 2.45 bits per heavy atom. The number of anilines is 1. The van der Waals surface area contributed by atoms with E-state index in [0.29, 0.717) is 18.2 Å². The van der Waals surface area contributed by atoms with E-state index in [9.17, 15) is 9.59 Å². The third-order valence-electron chi connectivity index (χ3n) is 2.86. The Morgan fingerprint density at radius 1 is 1.25 bits per heavy atom. The molecule has 0 atom stereocenters. The molecule has 0 saturated heterocycles. The number of hydrogen-bond acceptors (Lipinski definition) is 2. The first-order valence-electron chi connectivity index (χ1n) is 6.83. The maximum atomic E-state index is 12.2. The topological polar surface area (TPSA) is 69.6 Å². The monoisotopic (exact) mass is 278 g/mol. The second-order valence-corrected chi connectivity index (χ2v) is 5.05. The number of carbonyl (C=O) groups is 2. The van der Waals surface area contributed by atoms with Crippen molar-refractivity contribution in [3.8, 4) is 0 Å². The number of carbonyl (C=O) groups excluding carboxylic acids is 1. The molecule has 0 saturated carbocycles. The summed E-state index contributed by atoms with van der Waals surface area (Å²) in [7, 11) is 0. The summed E-state index contributed by atoms with van der Waals surface area (Å²) in [5, 5.41) is 11.6. The van der Waals surface area contributed by atoms with Gasteiger partial charge in [0.25, 0.3) is 0 Å². The quantitative estimate of drug-likeness (QED) is 0.805. The van der Waals surface area contributed by atoms with Crippen molar-refractivity contribution < 1.29 is 14.7 Å². The Balaban J connectivity index is 2.66. The van der Waals surface area contributed by atoms with Crippen LogP contribution in [0.25, 0.3) is 0 Å². The summed E-state index contributed by atoms with van der Waals surface area (Å²) in [4.78, 5) is 24.3.